The first-order valence-corrected chi connectivity index (χ1v) is 12.9. The Morgan fingerprint density at radius 2 is 1.75 bits per heavy atom. The number of amides is 3. The summed E-state index contributed by atoms with van der Waals surface area (Å²) in [6, 6.07) is 8.45. The molecule has 4 aliphatic heterocycles. The van der Waals surface area contributed by atoms with E-state index in [-0.39, 0.29) is 36.9 Å². The second-order valence-electron chi connectivity index (χ2n) is 10.5. The third kappa shape index (κ3) is 3.53. The average molecular weight is 494 g/mol. The van der Waals surface area contributed by atoms with E-state index >= 15 is 0 Å². The van der Waals surface area contributed by atoms with Gasteiger partial charge < -0.3 is 24.5 Å². The summed E-state index contributed by atoms with van der Waals surface area (Å²) in [6.07, 6.45) is 9.31. The Bertz CT molecular complexity index is 1100. The molecule has 36 heavy (non-hydrogen) atoms. The van der Waals surface area contributed by atoms with Gasteiger partial charge in [-0.05, 0) is 32.4 Å². The maximum Gasteiger partial charge on any atom is 0.249 e. The van der Waals surface area contributed by atoms with E-state index in [0.29, 0.717) is 13.1 Å². The van der Waals surface area contributed by atoms with Gasteiger partial charge in [0.05, 0.1) is 24.0 Å². The van der Waals surface area contributed by atoms with Crippen molar-refractivity contribution in [3.8, 4) is 0 Å². The van der Waals surface area contributed by atoms with Crippen molar-refractivity contribution >= 4 is 23.4 Å². The molecule has 1 spiro atoms. The maximum atomic E-state index is 14.1. The zero-order valence-corrected chi connectivity index (χ0v) is 21.2. The van der Waals surface area contributed by atoms with Gasteiger partial charge >= 0.3 is 0 Å². The molecule has 1 aromatic carbocycles. The minimum Gasteiger partial charge on any atom is -0.395 e. The molecule has 4 heterocycles. The molecule has 8 heteroatoms. The maximum absolute atomic E-state index is 14.1. The fourth-order valence-corrected chi connectivity index (χ4v) is 6.70. The van der Waals surface area contributed by atoms with E-state index < -0.39 is 29.1 Å². The van der Waals surface area contributed by atoms with Gasteiger partial charge in [0, 0.05) is 31.4 Å². The predicted octanol–water partition coefficient (Wildman–Crippen LogP) is 2.14. The number of carbonyl (C=O) groups excluding carboxylic acids is 3. The number of rotatable bonds is 6. The van der Waals surface area contributed by atoms with E-state index in [1.807, 2.05) is 68.5 Å². The van der Waals surface area contributed by atoms with Gasteiger partial charge in [-0.25, -0.2) is 0 Å². The Morgan fingerprint density at radius 3 is 2.44 bits per heavy atom. The van der Waals surface area contributed by atoms with Crippen molar-refractivity contribution in [3.05, 3.63) is 54.6 Å². The monoisotopic (exact) mass is 493 g/mol. The van der Waals surface area contributed by atoms with Crippen LogP contribution in [0.15, 0.2) is 54.6 Å². The molecule has 8 nitrogen and oxygen atoms in total. The molecule has 0 radical (unpaired) electrons. The van der Waals surface area contributed by atoms with Crippen LogP contribution in [0.1, 0.15) is 33.6 Å². The molecule has 1 aromatic rings. The fourth-order valence-electron chi connectivity index (χ4n) is 6.70. The van der Waals surface area contributed by atoms with Gasteiger partial charge in [0.2, 0.25) is 17.7 Å². The number of likely N-dealkylation sites (tertiary alicyclic amines) is 1. The first-order valence-electron chi connectivity index (χ1n) is 12.9. The standard InChI is InChI=1S/C28H35N3O5/c1-4-10-19(2)29-15-9-14-28-22(25(34)31(17-18-32)23(28)26(29)35)21-24(33)30(20-11-6-5-7-12-20)16-8-13-27(21,3)36-28/h5-9,11-14,19,21-23,32H,4,10,15-18H2,1-3H3/t19?,21-,22-,23?,27+,28-/m0/s1. The Morgan fingerprint density at radius 1 is 1.03 bits per heavy atom. The highest BCUT2D eigenvalue weighted by Crippen LogP contribution is 2.57. The summed E-state index contributed by atoms with van der Waals surface area (Å²) in [5, 5.41) is 9.82. The normalized spacial score (nSPS) is 34.4. The summed E-state index contributed by atoms with van der Waals surface area (Å²) in [5.74, 6) is -2.40. The Kier molecular flexibility index (Phi) is 6.29. The van der Waals surface area contributed by atoms with Crippen molar-refractivity contribution in [2.75, 3.05) is 31.1 Å². The van der Waals surface area contributed by atoms with Crippen LogP contribution in [-0.4, -0.2) is 82.2 Å². The topological polar surface area (TPSA) is 90.4 Å². The summed E-state index contributed by atoms with van der Waals surface area (Å²) >= 11 is 0. The average Bonchev–Trinajstić information content (AvgIpc) is 3.11. The van der Waals surface area contributed by atoms with Gasteiger partial charge in [-0.1, -0.05) is 55.8 Å². The second-order valence-corrected chi connectivity index (χ2v) is 10.5. The molecule has 3 amide bonds. The number of ether oxygens (including phenoxy) is 1. The van der Waals surface area contributed by atoms with Crippen LogP contribution < -0.4 is 4.90 Å². The third-order valence-corrected chi connectivity index (χ3v) is 8.24. The SMILES string of the molecule is CCCC(C)N1CC=C[C@]23O[C@]4(C)C=CCN(c5ccccc5)C(=O)[C@@H]4[C@H]2C(=O)N(CCO)C3C1=O. The zero-order chi connectivity index (χ0) is 25.7. The second kappa shape index (κ2) is 9.16. The van der Waals surface area contributed by atoms with Crippen LogP contribution in [0.4, 0.5) is 5.69 Å². The molecule has 2 unspecified atom stereocenters. The third-order valence-electron chi connectivity index (χ3n) is 8.24. The van der Waals surface area contributed by atoms with E-state index in [0.717, 1.165) is 18.5 Å². The first-order chi connectivity index (χ1) is 17.3. The number of nitrogens with zero attached hydrogens (tertiary/aromatic N) is 3. The Balaban J connectivity index is 1.62. The van der Waals surface area contributed by atoms with Crippen LogP contribution in [0.25, 0.3) is 0 Å². The van der Waals surface area contributed by atoms with Crippen molar-refractivity contribution in [2.24, 2.45) is 11.8 Å². The minimum atomic E-state index is -1.29. The zero-order valence-electron chi connectivity index (χ0n) is 21.2. The van der Waals surface area contributed by atoms with Gasteiger partial charge in [0.25, 0.3) is 0 Å². The van der Waals surface area contributed by atoms with Crippen LogP contribution in [0.3, 0.4) is 0 Å². The van der Waals surface area contributed by atoms with E-state index in [1.54, 1.807) is 9.80 Å². The van der Waals surface area contributed by atoms with Crippen LogP contribution >= 0.6 is 0 Å². The van der Waals surface area contributed by atoms with Gasteiger partial charge in [-0.2, -0.15) is 0 Å². The highest BCUT2D eigenvalue weighted by Gasteiger charge is 2.74. The van der Waals surface area contributed by atoms with Crippen molar-refractivity contribution in [1.29, 1.82) is 0 Å². The molecule has 2 fully saturated rings. The summed E-state index contributed by atoms with van der Waals surface area (Å²) in [6.45, 7) is 6.45. The lowest BCUT2D eigenvalue weighted by molar-refractivity contribution is -0.152. The van der Waals surface area contributed by atoms with E-state index in [2.05, 4.69) is 6.92 Å². The molecule has 0 saturated carbocycles. The summed E-state index contributed by atoms with van der Waals surface area (Å²) in [5.41, 5.74) is -1.60. The van der Waals surface area contributed by atoms with Crippen LogP contribution in [0.2, 0.25) is 0 Å². The van der Waals surface area contributed by atoms with Crippen molar-refractivity contribution in [1.82, 2.24) is 9.80 Å². The molecule has 6 atom stereocenters. The molecular weight excluding hydrogens is 458 g/mol. The summed E-state index contributed by atoms with van der Waals surface area (Å²) < 4.78 is 6.78. The number of β-amino-alcohol motifs (C(OH)–C–C–N with tert-alkyl or cyclic N) is 1. The van der Waals surface area contributed by atoms with Crippen molar-refractivity contribution in [2.45, 2.75) is 56.9 Å². The predicted molar refractivity (Wildman–Crippen MR) is 135 cm³/mol. The number of anilines is 1. The molecule has 2 saturated heterocycles. The smallest absolute Gasteiger partial charge is 0.249 e. The van der Waals surface area contributed by atoms with Crippen LogP contribution in [0.5, 0.6) is 0 Å². The van der Waals surface area contributed by atoms with E-state index in [4.69, 9.17) is 4.74 Å². The lowest BCUT2D eigenvalue weighted by atomic mass is 9.74. The molecule has 0 bridgehead atoms. The summed E-state index contributed by atoms with van der Waals surface area (Å²) in [4.78, 5) is 47.2. The lowest BCUT2D eigenvalue weighted by Gasteiger charge is -2.38. The molecule has 4 aliphatic rings. The van der Waals surface area contributed by atoms with Crippen molar-refractivity contribution < 1.29 is 24.2 Å². The largest absolute Gasteiger partial charge is 0.395 e. The number of hydrogen-bond donors (Lipinski definition) is 1. The Hall–Kier alpha value is -2.97. The van der Waals surface area contributed by atoms with Crippen molar-refractivity contribution in [3.63, 3.8) is 0 Å². The Labute approximate surface area is 212 Å². The lowest BCUT2D eigenvalue weighted by Crippen LogP contribution is -2.57. The number of carbonyl (C=O) groups is 3. The van der Waals surface area contributed by atoms with E-state index in [1.165, 1.54) is 4.90 Å². The fraction of sp³-hybridized carbons (Fsp3) is 0.536. The van der Waals surface area contributed by atoms with Gasteiger partial charge in [0.15, 0.2) is 0 Å². The van der Waals surface area contributed by atoms with Gasteiger partial charge in [0.1, 0.15) is 11.6 Å². The highest BCUT2D eigenvalue weighted by molar-refractivity contribution is 6.04. The molecular formula is C28H35N3O5. The number of aliphatic hydroxyl groups is 1. The van der Waals surface area contributed by atoms with Crippen LogP contribution in [0, 0.1) is 11.8 Å². The summed E-state index contributed by atoms with van der Waals surface area (Å²) in [7, 11) is 0. The number of fused-ring (bicyclic) bond motifs is 2. The molecule has 1 N–H and O–H groups in total. The molecule has 0 aromatic heterocycles. The number of benzene rings is 1. The highest BCUT2D eigenvalue weighted by atomic mass is 16.5. The van der Waals surface area contributed by atoms with Gasteiger partial charge in [-0.3, -0.25) is 14.4 Å². The molecule has 5 rings (SSSR count). The minimum absolute atomic E-state index is 0.00926. The van der Waals surface area contributed by atoms with Gasteiger partial charge in [-0.15, -0.1) is 0 Å². The number of hydrogen-bond acceptors (Lipinski definition) is 5. The van der Waals surface area contributed by atoms with Crippen LogP contribution in [-0.2, 0) is 19.1 Å². The molecule has 0 aliphatic carbocycles. The quantitative estimate of drug-likeness (QED) is 0.614. The van der Waals surface area contributed by atoms with E-state index in [9.17, 15) is 19.5 Å². The molecule has 192 valence electrons. The number of para-hydroxylation sites is 1. The first kappa shape index (κ1) is 24.7. The number of aliphatic hydroxyl groups excluding tert-OH is 1.